The van der Waals surface area contributed by atoms with E-state index in [1.54, 1.807) is 7.11 Å². The first-order chi connectivity index (χ1) is 13.4. The van der Waals surface area contributed by atoms with Gasteiger partial charge in [0.05, 0.1) is 24.5 Å². The molecule has 0 spiro atoms. The van der Waals surface area contributed by atoms with Crippen LogP contribution in [0.15, 0.2) is 30.5 Å². The normalized spacial score (nSPS) is 15.8. The summed E-state index contributed by atoms with van der Waals surface area (Å²) >= 11 is 0. The van der Waals surface area contributed by atoms with Crippen LogP contribution < -0.4 is 10.1 Å². The van der Waals surface area contributed by atoms with Crippen LogP contribution in [-0.4, -0.2) is 47.5 Å². The van der Waals surface area contributed by atoms with Gasteiger partial charge in [-0.3, -0.25) is 4.79 Å². The molecule has 9 nitrogen and oxygen atoms in total. The summed E-state index contributed by atoms with van der Waals surface area (Å²) in [7, 11) is 1.64. The molecule has 2 aromatic rings. The summed E-state index contributed by atoms with van der Waals surface area (Å²) < 4.78 is 12.4. The first-order valence-corrected chi connectivity index (χ1v) is 9.11. The predicted molar refractivity (Wildman–Crippen MR) is 101 cm³/mol. The summed E-state index contributed by atoms with van der Waals surface area (Å²) in [5, 5.41) is 17.5. The van der Waals surface area contributed by atoms with Gasteiger partial charge in [-0.15, -0.1) is 0 Å². The molecule has 1 saturated heterocycles. The van der Waals surface area contributed by atoms with Gasteiger partial charge in [-0.25, -0.2) is 0 Å². The van der Waals surface area contributed by atoms with E-state index in [1.807, 2.05) is 19.1 Å². The van der Waals surface area contributed by atoms with Crippen molar-refractivity contribution in [1.82, 2.24) is 15.1 Å². The quantitative estimate of drug-likeness (QED) is 0.574. The molecule has 1 aromatic heterocycles. The number of carbonyl (C=O) groups is 1. The number of ether oxygens (including phenoxy) is 2. The number of nitro groups is 1. The second-order valence-electron chi connectivity index (χ2n) is 7.00. The van der Waals surface area contributed by atoms with Crippen molar-refractivity contribution in [3.8, 4) is 5.75 Å². The maximum Gasteiger partial charge on any atom is 0.389 e. The molecule has 9 heteroatoms. The van der Waals surface area contributed by atoms with Gasteiger partial charge in [-0.05, 0) is 30.8 Å². The van der Waals surface area contributed by atoms with Crippen molar-refractivity contribution in [2.45, 2.75) is 31.7 Å². The van der Waals surface area contributed by atoms with Crippen LogP contribution in [0.25, 0.3) is 0 Å². The summed E-state index contributed by atoms with van der Waals surface area (Å²) in [6, 6.07) is 7.32. The lowest BCUT2D eigenvalue weighted by Crippen LogP contribution is -2.45. The Bertz CT molecular complexity index is 858. The monoisotopic (exact) mass is 388 g/mol. The number of nitrogens with one attached hydrogen (secondary N) is 1. The summed E-state index contributed by atoms with van der Waals surface area (Å²) in [6.07, 6.45) is 2.95. The third kappa shape index (κ3) is 4.30. The second kappa shape index (κ2) is 8.39. The number of methoxy groups -OCH3 is 1. The van der Waals surface area contributed by atoms with Gasteiger partial charge >= 0.3 is 5.82 Å². The van der Waals surface area contributed by atoms with Crippen LogP contribution in [0.4, 0.5) is 5.82 Å². The van der Waals surface area contributed by atoms with Crippen molar-refractivity contribution in [1.29, 1.82) is 0 Å². The van der Waals surface area contributed by atoms with Crippen LogP contribution in [0.3, 0.4) is 0 Å². The molecule has 1 fully saturated rings. The highest BCUT2D eigenvalue weighted by Gasteiger charge is 2.37. The highest BCUT2D eigenvalue weighted by molar-refractivity contribution is 5.75. The maximum absolute atomic E-state index is 12.4. The van der Waals surface area contributed by atoms with Crippen LogP contribution in [0, 0.1) is 17.0 Å². The Labute approximate surface area is 162 Å². The lowest BCUT2D eigenvalue weighted by atomic mass is 9.73. The number of aryl methyl sites for hydroxylation is 1. The van der Waals surface area contributed by atoms with Crippen LogP contribution in [0.2, 0.25) is 0 Å². The van der Waals surface area contributed by atoms with E-state index in [0.29, 0.717) is 19.8 Å². The molecule has 0 unspecified atom stereocenters. The van der Waals surface area contributed by atoms with Gasteiger partial charge in [-0.2, -0.15) is 4.68 Å². The molecule has 1 amide bonds. The average molecular weight is 388 g/mol. The molecule has 1 aliphatic heterocycles. The number of carbonyl (C=O) groups excluding carboxylic acids is 1. The van der Waals surface area contributed by atoms with Gasteiger partial charge in [0.15, 0.2) is 0 Å². The number of benzene rings is 1. The number of hydrogen-bond acceptors (Lipinski definition) is 6. The van der Waals surface area contributed by atoms with Gasteiger partial charge < -0.3 is 24.9 Å². The van der Waals surface area contributed by atoms with Gasteiger partial charge in [-0.1, -0.05) is 17.7 Å². The summed E-state index contributed by atoms with van der Waals surface area (Å²) in [4.78, 5) is 22.6. The number of aromatic nitrogens is 2. The topological polar surface area (TPSA) is 109 Å². The minimum Gasteiger partial charge on any atom is -0.496 e. The van der Waals surface area contributed by atoms with Gasteiger partial charge in [0.1, 0.15) is 12.3 Å². The largest absolute Gasteiger partial charge is 0.496 e. The molecule has 1 aromatic carbocycles. The minimum absolute atomic E-state index is 0.0780. The number of nitrogens with zero attached hydrogens (tertiary/aromatic N) is 3. The second-order valence-corrected chi connectivity index (χ2v) is 7.00. The summed E-state index contributed by atoms with van der Waals surface area (Å²) in [5.74, 6) is 0.262. The Kier molecular flexibility index (Phi) is 5.93. The van der Waals surface area contributed by atoms with E-state index in [4.69, 9.17) is 9.47 Å². The van der Waals surface area contributed by atoms with Crippen LogP contribution in [-0.2, 0) is 21.5 Å². The number of rotatable bonds is 7. The van der Waals surface area contributed by atoms with E-state index in [1.165, 1.54) is 16.9 Å². The highest BCUT2D eigenvalue weighted by atomic mass is 16.6. The molecule has 0 atom stereocenters. The van der Waals surface area contributed by atoms with Crippen LogP contribution in [0.5, 0.6) is 5.75 Å². The molecular weight excluding hydrogens is 364 g/mol. The minimum atomic E-state index is -0.588. The molecule has 2 heterocycles. The van der Waals surface area contributed by atoms with E-state index in [2.05, 4.69) is 16.5 Å². The third-order valence-electron chi connectivity index (χ3n) is 5.12. The van der Waals surface area contributed by atoms with Crippen molar-refractivity contribution in [2.75, 3.05) is 26.9 Å². The predicted octanol–water partition coefficient (Wildman–Crippen LogP) is 1.97. The third-order valence-corrected chi connectivity index (χ3v) is 5.12. The molecule has 0 aliphatic carbocycles. The number of amides is 1. The Morgan fingerprint density at radius 2 is 2.14 bits per heavy atom. The average Bonchev–Trinajstić information content (AvgIpc) is 3.16. The van der Waals surface area contributed by atoms with Crippen LogP contribution >= 0.6 is 0 Å². The first-order valence-electron chi connectivity index (χ1n) is 9.11. The zero-order chi connectivity index (χ0) is 20.1. The van der Waals surface area contributed by atoms with Gasteiger partial charge in [0, 0.05) is 30.7 Å². The Morgan fingerprint density at radius 1 is 1.39 bits per heavy atom. The lowest BCUT2D eigenvalue weighted by molar-refractivity contribution is -0.389. The van der Waals surface area contributed by atoms with Crippen molar-refractivity contribution in [2.24, 2.45) is 0 Å². The standard InChI is InChI=1S/C19H24N4O5/c1-14-3-4-16(27-2)15(11-14)19(6-9-28-10-7-19)13-20-18(24)12-22-8-5-17(21-22)23(25)26/h3-5,8,11H,6-7,9-10,12-13H2,1-2H3,(H,20,24). The van der Waals surface area contributed by atoms with Gasteiger partial charge in [0.25, 0.3) is 0 Å². The van der Waals surface area contributed by atoms with E-state index >= 15 is 0 Å². The van der Waals surface area contributed by atoms with E-state index in [-0.39, 0.29) is 23.7 Å². The van der Waals surface area contributed by atoms with Crippen molar-refractivity contribution in [3.63, 3.8) is 0 Å². The zero-order valence-corrected chi connectivity index (χ0v) is 16.0. The lowest BCUT2D eigenvalue weighted by Gasteiger charge is -2.38. The summed E-state index contributed by atoms with van der Waals surface area (Å²) in [5.41, 5.74) is 1.90. The first kappa shape index (κ1) is 19.8. The Balaban J connectivity index is 1.75. The molecule has 28 heavy (non-hydrogen) atoms. The van der Waals surface area contributed by atoms with Crippen LogP contribution in [0.1, 0.15) is 24.0 Å². The molecule has 1 aliphatic rings. The van der Waals surface area contributed by atoms with Gasteiger partial charge in [0.2, 0.25) is 5.91 Å². The molecule has 1 N–H and O–H groups in total. The van der Waals surface area contributed by atoms with Crippen molar-refractivity contribution in [3.05, 3.63) is 51.7 Å². The fourth-order valence-electron chi connectivity index (χ4n) is 3.55. The molecule has 0 saturated carbocycles. The molecule has 150 valence electrons. The molecule has 3 rings (SSSR count). The fourth-order valence-corrected chi connectivity index (χ4v) is 3.55. The molecular formula is C19H24N4O5. The fraction of sp³-hybridized carbons (Fsp3) is 0.474. The van der Waals surface area contributed by atoms with E-state index < -0.39 is 4.92 Å². The highest BCUT2D eigenvalue weighted by Crippen LogP contribution is 2.40. The van der Waals surface area contributed by atoms with E-state index in [9.17, 15) is 14.9 Å². The van der Waals surface area contributed by atoms with E-state index in [0.717, 1.165) is 29.7 Å². The Hall–Kier alpha value is -2.94. The van der Waals surface area contributed by atoms with Crippen molar-refractivity contribution >= 4 is 11.7 Å². The number of hydrogen-bond donors (Lipinski definition) is 1. The molecule has 0 radical (unpaired) electrons. The smallest absolute Gasteiger partial charge is 0.389 e. The maximum atomic E-state index is 12.4. The SMILES string of the molecule is COc1ccc(C)cc1C1(CNC(=O)Cn2ccc([N+](=O)[O-])n2)CCOCC1. The zero-order valence-electron chi connectivity index (χ0n) is 16.0. The summed E-state index contributed by atoms with van der Waals surface area (Å²) in [6.45, 7) is 3.60. The molecule has 0 bridgehead atoms. The van der Waals surface area contributed by atoms with Crippen molar-refractivity contribution < 1.29 is 19.2 Å². The Morgan fingerprint density at radius 3 is 2.79 bits per heavy atom.